The minimum atomic E-state index is 0.261. The smallest absolute Gasteiger partial charge is 0.231 e. The zero-order valence-electron chi connectivity index (χ0n) is 14.9. The highest BCUT2D eigenvalue weighted by Crippen LogP contribution is 2.37. The standard InChI is InChI=1S/C22H17ClN2O2S/c23-18-3-1-2-14(6-18)10-24-11-17-7-16-8-20-21(27-13-26-20)9-19(16)25-22(17)15-4-5-28-12-15/h1-9,12,24H,10-11,13H2. The molecular formula is C22H17ClN2O2S. The van der Waals surface area contributed by atoms with E-state index in [0.717, 1.165) is 56.4 Å². The summed E-state index contributed by atoms with van der Waals surface area (Å²) in [5.74, 6) is 1.53. The Morgan fingerprint density at radius 3 is 2.75 bits per heavy atom. The summed E-state index contributed by atoms with van der Waals surface area (Å²) in [4.78, 5) is 4.94. The van der Waals surface area contributed by atoms with Gasteiger partial charge in [-0.25, -0.2) is 4.98 Å². The topological polar surface area (TPSA) is 43.4 Å². The number of hydrogen-bond acceptors (Lipinski definition) is 5. The van der Waals surface area contributed by atoms with Crippen LogP contribution in [0.4, 0.5) is 0 Å². The number of pyridine rings is 1. The maximum Gasteiger partial charge on any atom is 0.231 e. The van der Waals surface area contributed by atoms with E-state index in [1.165, 1.54) is 0 Å². The Bertz CT molecular complexity index is 1140. The highest BCUT2D eigenvalue weighted by Gasteiger charge is 2.17. The van der Waals surface area contributed by atoms with Gasteiger partial charge in [0.25, 0.3) is 0 Å². The van der Waals surface area contributed by atoms with Crippen molar-refractivity contribution in [1.82, 2.24) is 10.3 Å². The maximum absolute atomic E-state index is 6.09. The van der Waals surface area contributed by atoms with Gasteiger partial charge < -0.3 is 14.8 Å². The van der Waals surface area contributed by atoms with E-state index < -0.39 is 0 Å². The highest BCUT2D eigenvalue weighted by atomic mass is 35.5. The lowest BCUT2D eigenvalue weighted by molar-refractivity contribution is 0.174. The van der Waals surface area contributed by atoms with Crippen LogP contribution in [-0.2, 0) is 13.1 Å². The molecule has 0 atom stereocenters. The molecule has 4 aromatic rings. The van der Waals surface area contributed by atoms with Gasteiger partial charge in [0.15, 0.2) is 11.5 Å². The summed E-state index contributed by atoms with van der Waals surface area (Å²) in [7, 11) is 0. The molecule has 0 bridgehead atoms. The van der Waals surface area contributed by atoms with Crippen LogP contribution in [-0.4, -0.2) is 11.8 Å². The molecule has 1 aliphatic rings. The van der Waals surface area contributed by atoms with Crippen LogP contribution in [0, 0.1) is 0 Å². The molecule has 0 amide bonds. The third kappa shape index (κ3) is 3.44. The molecule has 0 fully saturated rings. The largest absolute Gasteiger partial charge is 0.454 e. The van der Waals surface area contributed by atoms with Crippen molar-refractivity contribution in [2.24, 2.45) is 0 Å². The van der Waals surface area contributed by atoms with Gasteiger partial charge in [0.1, 0.15) is 0 Å². The molecule has 0 saturated carbocycles. The summed E-state index contributed by atoms with van der Waals surface area (Å²) < 4.78 is 11.0. The van der Waals surface area contributed by atoms with Gasteiger partial charge >= 0.3 is 0 Å². The van der Waals surface area contributed by atoms with Gasteiger partial charge in [-0.1, -0.05) is 23.7 Å². The molecule has 140 valence electrons. The monoisotopic (exact) mass is 408 g/mol. The van der Waals surface area contributed by atoms with Crippen LogP contribution in [0.1, 0.15) is 11.1 Å². The summed E-state index contributed by atoms with van der Waals surface area (Å²) in [6, 6.07) is 16.1. The predicted octanol–water partition coefficient (Wildman–Crippen LogP) is 5.64. The molecule has 2 aromatic heterocycles. The van der Waals surface area contributed by atoms with E-state index in [9.17, 15) is 0 Å². The summed E-state index contributed by atoms with van der Waals surface area (Å²) in [6.07, 6.45) is 0. The number of aromatic nitrogens is 1. The van der Waals surface area contributed by atoms with Crippen LogP contribution in [0.3, 0.4) is 0 Å². The number of nitrogens with one attached hydrogen (secondary N) is 1. The number of hydrogen-bond donors (Lipinski definition) is 1. The van der Waals surface area contributed by atoms with Crippen LogP contribution < -0.4 is 14.8 Å². The molecule has 6 heteroatoms. The van der Waals surface area contributed by atoms with Gasteiger partial charge in [-0.2, -0.15) is 11.3 Å². The highest BCUT2D eigenvalue weighted by molar-refractivity contribution is 7.08. The molecule has 0 spiro atoms. The average Bonchev–Trinajstić information content (AvgIpc) is 3.37. The first-order valence-corrected chi connectivity index (χ1v) is 10.3. The van der Waals surface area contributed by atoms with E-state index in [1.807, 2.05) is 30.3 Å². The van der Waals surface area contributed by atoms with Gasteiger partial charge in [-0.15, -0.1) is 0 Å². The number of nitrogens with zero attached hydrogens (tertiary/aromatic N) is 1. The lowest BCUT2D eigenvalue weighted by atomic mass is 10.0. The minimum Gasteiger partial charge on any atom is -0.454 e. The van der Waals surface area contributed by atoms with Crippen molar-refractivity contribution < 1.29 is 9.47 Å². The lowest BCUT2D eigenvalue weighted by Crippen LogP contribution is -2.13. The fourth-order valence-corrected chi connectivity index (χ4v) is 4.23. The van der Waals surface area contributed by atoms with Gasteiger partial charge in [-0.05, 0) is 46.8 Å². The van der Waals surface area contributed by atoms with Crippen LogP contribution >= 0.6 is 22.9 Å². The van der Waals surface area contributed by atoms with Gasteiger partial charge in [-0.3, -0.25) is 0 Å². The van der Waals surface area contributed by atoms with E-state index >= 15 is 0 Å². The number of rotatable bonds is 5. The van der Waals surface area contributed by atoms with Crippen molar-refractivity contribution in [3.05, 3.63) is 75.4 Å². The Kier molecular flexibility index (Phi) is 4.64. The third-order valence-corrected chi connectivity index (χ3v) is 5.63. The second-order valence-corrected chi connectivity index (χ2v) is 7.86. The number of thiophene rings is 1. The second-order valence-electron chi connectivity index (χ2n) is 6.64. The molecule has 1 N–H and O–H groups in total. The molecule has 5 rings (SSSR count). The zero-order chi connectivity index (χ0) is 18.9. The van der Waals surface area contributed by atoms with E-state index in [0.29, 0.717) is 6.54 Å². The quantitative estimate of drug-likeness (QED) is 0.464. The Morgan fingerprint density at radius 2 is 1.93 bits per heavy atom. The fourth-order valence-electron chi connectivity index (χ4n) is 3.38. The zero-order valence-corrected chi connectivity index (χ0v) is 16.5. The van der Waals surface area contributed by atoms with Gasteiger partial charge in [0.2, 0.25) is 6.79 Å². The molecule has 4 nitrogen and oxygen atoms in total. The summed E-state index contributed by atoms with van der Waals surface area (Å²) in [6.45, 7) is 1.70. The Balaban J connectivity index is 1.48. The molecule has 0 aliphatic carbocycles. The number of ether oxygens (including phenoxy) is 2. The minimum absolute atomic E-state index is 0.261. The van der Waals surface area contributed by atoms with Crippen LogP contribution in [0.5, 0.6) is 11.5 Å². The molecule has 0 saturated heterocycles. The molecule has 2 aromatic carbocycles. The SMILES string of the molecule is Clc1cccc(CNCc2cc3cc4c(cc3nc2-c2ccsc2)OCO4)c1. The van der Waals surface area contributed by atoms with Crippen molar-refractivity contribution in [2.45, 2.75) is 13.1 Å². The second kappa shape index (κ2) is 7.43. The molecule has 0 radical (unpaired) electrons. The third-order valence-electron chi connectivity index (χ3n) is 4.72. The van der Waals surface area contributed by atoms with E-state index in [-0.39, 0.29) is 6.79 Å². The van der Waals surface area contributed by atoms with Crippen LogP contribution in [0.15, 0.2) is 59.3 Å². The molecular weight excluding hydrogens is 392 g/mol. The maximum atomic E-state index is 6.09. The molecule has 3 heterocycles. The molecule has 28 heavy (non-hydrogen) atoms. The average molecular weight is 409 g/mol. The first-order valence-electron chi connectivity index (χ1n) is 8.97. The molecule has 0 unspecified atom stereocenters. The van der Waals surface area contributed by atoms with E-state index in [1.54, 1.807) is 11.3 Å². The Hall–Kier alpha value is -2.60. The summed E-state index contributed by atoms with van der Waals surface area (Å²) in [5.41, 5.74) is 5.33. The van der Waals surface area contributed by atoms with Crippen LogP contribution in [0.2, 0.25) is 5.02 Å². The van der Waals surface area contributed by atoms with Crippen molar-refractivity contribution in [3.63, 3.8) is 0 Å². The number of fused-ring (bicyclic) bond motifs is 2. The van der Waals surface area contributed by atoms with Gasteiger partial charge in [0, 0.05) is 40.5 Å². The Morgan fingerprint density at radius 1 is 1.04 bits per heavy atom. The fraction of sp³-hybridized carbons (Fsp3) is 0.136. The summed E-state index contributed by atoms with van der Waals surface area (Å²) >= 11 is 7.76. The number of benzene rings is 2. The van der Waals surface area contributed by atoms with E-state index in [4.69, 9.17) is 26.1 Å². The van der Waals surface area contributed by atoms with Gasteiger partial charge in [0.05, 0.1) is 11.2 Å². The molecule has 1 aliphatic heterocycles. The Labute approximate surface area is 171 Å². The number of halogens is 1. The first-order chi connectivity index (χ1) is 13.8. The van der Waals surface area contributed by atoms with E-state index in [2.05, 4.69) is 34.3 Å². The van der Waals surface area contributed by atoms with Crippen molar-refractivity contribution in [2.75, 3.05) is 6.79 Å². The normalized spacial score (nSPS) is 12.6. The summed E-state index contributed by atoms with van der Waals surface area (Å²) in [5, 5.41) is 9.51. The van der Waals surface area contributed by atoms with Crippen molar-refractivity contribution in [1.29, 1.82) is 0 Å². The van der Waals surface area contributed by atoms with Crippen LogP contribution in [0.25, 0.3) is 22.2 Å². The predicted molar refractivity (Wildman–Crippen MR) is 113 cm³/mol. The lowest BCUT2D eigenvalue weighted by Gasteiger charge is -2.12. The van der Waals surface area contributed by atoms with Crippen molar-refractivity contribution >= 4 is 33.8 Å². The first kappa shape index (κ1) is 17.5. The van der Waals surface area contributed by atoms with Crippen molar-refractivity contribution in [3.8, 4) is 22.8 Å².